The Morgan fingerprint density at radius 1 is 1.21 bits per heavy atom. The van der Waals surface area contributed by atoms with Crippen molar-refractivity contribution in [3.05, 3.63) is 67.1 Å². The number of furan rings is 1. The molecule has 0 aliphatic carbocycles. The van der Waals surface area contributed by atoms with E-state index in [1.54, 1.807) is 48.5 Å². The van der Waals surface area contributed by atoms with Gasteiger partial charge in [-0.1, -0.05) is 24.3 Å². The first kappa shape index (κ1) is 13.6. The molecule has 5 heteroatoms. The average Bonchev–Trinajstić information content (AvgIpc) is 2.93. The van der Waals surface area contributed by atoms with E-state index >= 15 is 0 Å². The molecule has 0 radical (unpaired) electrons. The van der Waals surface area contributed by atoms with Gasteiger partial charge in [-0.05, 0) is 30.7 Å². The third-order valence-electron chi connectivity index (χ3n) is 2.64. The van der Waals surface area contributed by atoms with Crippen molar-refractivity contribution in [1.82, 2.24) is 4.72 Å². The molecule has 1 unspecified atom stereocenters. The summed E-state index contributed by atoms with van der Waals surface area (Å²) in [4.78, 5) is 0.232. The van der Waals surface area contributed by atoms with Crippen LogP contribution in [0.2, 0.25) is 0 Å². The Balaban J connectivity index is 2.24. The van der Waals surface area contributed by atoms with Crippen LogP contribution in [0.4, 0.5) is 0 Å². The summed E-state index contributed by atoms with van der Waals surface area (Å²) >= 11 is 0. The highest BCUT2D eigenvalue weighted by Crippen LogP contribution is 2.21. The monoisotopic (exact) mass is 277 g/mol. The SMILES string of the molecule is C=CCC(NS(=O)(=O)c1ccccc1)c1ccco1. The van der Waals surface area contributed by atoms with E-state index in [1.807, 2.05) is 0 Å². The quantitative estimate of drug-likeness (QED) is 0.826. The lowest BCUT2D eigenvalue weighted by Crippen LogP contribution is -2.28. The highest BCUT2D eigenvalue weighted by Gasteiger charge is 2.21. The van der Waals surface area contributed by atoms with Gasteiger partial charge in [-0.2, -0.15) is 0 Å². The van der Waals surface area contributed by atoms with Gasteiger partial charge in [-0.3, -0.25) is 0 Å². The zero-order valence-corrected chi connectivity index (χ0v) is 11.1. The van der Waals surface area contributed by atoms with Crippen molar-refractivity contribution in [1.29, 1.82) is 0 Å². The average molecular weight is 277 g/mol. The minimum Gasteiger partial charge on any atom is -0.468 e. The minimum atomic E-state index is -3.57. The van der Waals surface area contributed by atoms with Crippen molar-refractivity contribution in [2.75, 3.05) is 0 Å². The number of hydrogen-bond acceptors (Lipinski definition) is 3. The lowest BCUT2D eigenvalue weighted by molar-refractivity contribution is 0.445. The summed E-state index contributed by atoms with van der Waals surface area (Å²) in [6.45, 7) is 3.64. The van der Waals surface area contributed by atoms with Gasteiger partial charge in [0.1, 0.15) is 5.76 Å². The molecule has 19 heavy (non-hydrogen) atoms. The number of sulfonamides is 1. The smallest absolute Gasteiger partial charge is 0.241 e. The largest absolute Gasteiger partial charge is 0.468 e. The van der Waals surface area contributed by atoms with Crippen molar-refractivity contribution >= 4 is 10.0 Å². The fourth-order valence-corrected chi connectivity index (χ4v) is 2.97. The second-order valence-corrected chi connectivity index (χ2v) is 5.74. The fraction of sp³-hybridized carbons (Fsp3) is 0.143. The standard InChI is InChI=1S/C14H15NO3S/c1-2-7-13(14-10-6-11-18-14)15-19(16,17)12-8-4-3-5-9-12/h2-6,8-11,13,15H,1,7H2. The molecule has 0 spiro atoms. The number of rotatable bonds is 6. The van der Waals surface area contributed by atoms with Crippen LogP contribution in [0.3, 0.4) is 0 Å². The van der Waals surface area contributed by atoms with Crippen molar-refractivity contribution in [3.8, 4) is 0 Å². The Hall–Kier alpha value is -1.85. The van der Waals surface area contributed by atoms with Crippen LogP contribution in [0.5, 0.6) is 0 Å². The van der Waals surface area contributed by atoms with Gasteiger partial charge < -0.3 is 4.42 Å². The number of nitrogens with one attached hydrogen (secondary N) is 1. The highest BCUT2D eigenvalue weighted by atomic mass is 32.2. The summed E-state index contributed by atoms with van der Waals surface area (Å²) in [6.07, 6.45) is 3.63. The molecule has 0 bridgehead atoms. The molecule has 4 nitrogen and oxygen atoms in total. The Labute approximate surface area is 112 Å². The van der Waals surface area contributed by atoms with Crippen molar-refractivity contribution < 1.29 is 12.8 Å². The normalized spacial score (nSPS) is 13.1. The Morgan fingerprint density at radius 3 is 2.53 bits per heavy atom. The minimum absolute atomic E-state index is 0.232. The first-order chi connectivity index (χ1) is 9.13. The van der Waals surface area contributed by atoms with Crippen LogP contribution < -0.4 is 4.72 Å². The Bertz CT molecular complexity index is 618. The van der Waals surface area contributed by atoms with Gasteiger partial charge in [0.25, 0.3) is 0 Å². The van der Waals surface area contributed by atoms with E-state index in [2.05, 4.69) is 11.3 Å². The summed E-state index contributed by atoms with van der Waals surface area (Å²) < 4.78 is 32.3. The molecule has 0 aliphatic rings. The first-order valence-electron chi connectivity index (χ1n) is 5.85. The van der Waals surface area contributed by atoms with Gasteiger partial charge in [0.05, 0.1) is 17.2 Å². The molecule has 2 rings (SSSR count). The highest BCUT2D eigenvalue weighted by molar-refractivity contribution is 7.89. The molecule has 1 aromatic carbocycles. The lowest BCUT2D eigenvalue weighted by atomic mass is 10.2. The summed E-state index contributed by atoms with van der Waals surface area (Å²) in [7, 11) is -3.57. The summed E-state index contributed by atoms with van der Waals surface area (Å²) in [5, 5.41) is 0. The van der Waals surface area contributed by atoms with Crippen LogP contribution in [0.25, 0.3) is 0 Å². The van der Waals surface area contributed by atoms with Crippen LogP contribution in [-0.4, -0.2) is 8.42 Å². The van der Waals surface area contributed by atoms with Crippen LogP contribution in [-0.2, 0) is 10.0 Å². The third-order valence-corrected chi connectivity index (χ3v) is 4.13. The van der Waals surface area contributed by atoms with E-state index in [4.69, 9.17) is 4.42 Å². The maximum atomic E-state index is 12.2. The summed E-state index contributed by atoms with van der Waals surface area (Å²) in [5.41, 5.74) is 0. The molecule has 1 N–H and O–H groups in total. The van der Waals surface area contributed by atoms with E-state index in [9.17, 15) is 8.42 Å². The zero-order chi connectivity index (χ0) is 13.7. The van der Waals surface area contributed by atoms with E-state index < -0.39 is 16.1 Å². The predicted molar refractivity (Wildman–Crippen MR) is 73.0 cm³/mol. The molecule has 0 aliphatic heterocycles. The topological polar surface area (TPSA) is 59.3 Å². The van der Waals surface area contributed by atoms with E-state index in [1.165, 1.54) is 6.26 Å². The second-order valence-electron chi connectivity index (χ2n) is 4.03. The van der Waals surface area contributed by atoms with Crippen molar-refractivity contribution in [2.24, 2.45) is 0 Å². The van der Waals surface area contributed by atoms with Gasteiger partial charge >= 0.3 is 0 Å². The molecule has 2 aromatic rings. The van der Waals surface area contributed by atoms with Crippen molar-refractivity contribution in [3.63, 3.8) is 0 Å². The number of hydrogen-bond donors (Lipinski definition) is 1. The molecular formula is C14H15NO3S. The molecular weight excluding hydrogens is 262 g/mol. The van der Waals surface area contributed by atoms with Gasteiger partial charge in [0.15, 0.2) is 0 Å². The van der Waals surface area contributed by atoms with E-state index in [-0.39, 0.29) is 4.90 Å². The zero-order valence-electron chi connectivity index (χ0n) is 10.3. The maximum Gasteiger partial charge on any atom is 0.241 e. The van der Waals surface area contributed by atoms with Crippen molar-refractivity contribution in [2.45, 2.75) is 17.4 Å². The van der Waals surface area contributed by atoms with Crippen LogP contribution in [0.1, 0.15) is 18.2 Å². The molecule has 0 saturated carbocycles. The van der Waals surface area contributed by atoms with Gasteiger partial charge in [-0.25, -0.2) is 13.1 Å². The van der Waals surface area contributed by atoms with Gasteiger partial charge in [-0.15, -0.1) is 6.58 Å². The van der Waals surface area contributed by atoms with Crippen LogP contribution >= 0.6 is 0 Å². The molecule has 1 atom stereocenters. The van der Waals surface area contributed by atoms with Crippen LogP contribution in [0, 0.1) is 0 Å². The Kier molecular flexibility index (Phi) is 4.19. The van der Waals surface area contributed by atoms with E-state index in [0.717, 1.165) is 0 Å². The lowest BCUT2D eigenvalue weighted by Gasteiger charge is -2.15. The molecule has 0 saturated heterocycles. The molecule has 100 valence electrons. The van der Waals surface area contributed by atoms with Gasteiger partial charge in [0.2, 0.25) is 10.0 Å². The fourth-order valence-electron chi connectivity index (χ4n) is 1.73. The summed E-state index contributed by atoms with van der Waals surface area (Å²) in [6, 6.07) is 11.3. The molecule has 1 heterocycles. The van der Waals surface area contributed by atoms with Crippen LogP contribution in [0.15, 0.2) is 70.7 Å². The number of benzene rings is 1. The molecule has 0 fully saturated rings. The molecule has 0 amide bonds. The van der Waals surface area contributed by atoms with Gasteiger partial charge in [0, 0.05) is 0 Å². The predicted octanol–water partition coefficient (Wildman–Crippen LogP) is 2.88. The first-order valence-corrected chi connectivity index (χ1v) is 7.33. The second kappa shape index (κ2) is 5.86. The van der Waals surface area contributed by atoms with E-state index in [0.29, 0.717) is 12.2 Å². The maximum absolute atomic E-state index is 12.2. The third kappa shape index (κ3) is 3.33. The Morgan fingerprint density at radius 2 is 1.95 bits per heavy atom. The molecule has 1 aromatic heterocycles. The summed E-state index contributed by atoms with van der Waals surface area (Å²) in [5.74, 6) is 0.569.